The summed E-state index contributed by atoms with van der Waals surface area (Å²) in [6.45, 7) is 6.09. The van der Waals surface area contributed by atoms with Gasteiger partial charge in [0.2, 0.25) is 0 Å². The van der Waals surface area contributed by atoms with E-state index in [9.17, 15) is 14.0 Å². The number of hydrogen-bond donors (Lipinski definition) is 2. The normalized spacial score (nSPS) is 13.5. The maximum Gasteiger partial charge on any atom is 0.412 e. The lowest BCUT2D eigenvalue weighted by atomic mass is 10.1. The van der Waals surface area contributed by atoms with Gasteiger partial charge in [0.05, 0.1) is 5.69 Å². The van der Waals surface area contributed by atoms with Crippen molar-refractivity contribution >= 4 is 23.4 Å². The van der Waals surface area contributed by atoms with Crippen LogP contribution in [-0.4, -0.2) is 32.4 Å². The summed E-state index contributed by atoms with van der Waals surface area (Å²) in [5, 5.41) is 13.8. The molecule has 4 rings (SSSR count). The van der Waals surface area contributed by atoms with Crippen LogP contribution in [-0.2, 0) is 17.7 Å². The Morgan fingerprint density at radius 2 is 1.85 bits per heavy atom. The molecule has 0 aliphatic carbocycles. The topological polar surface area (TPSA) is 98.1 Å². The van der Waals surface area contributed by atoms with Crippen molar-refractivity contribution in [3.05, 3.63) is 59.7 Å². The van der Waals surface area contributed by atoms with Gasteiger partial charge in [-0.3, -0.25) is 10.1 Å². The van der Waals surface area contributed by atoms with Gasteiger partial charge in [0.1, 0.15) is 17.2 Å². The smallest absolute Gasteiger partial charge is 0.412 e. The second kappa shape index (κ2) is 9.62. The molecule has 0 unspecified atom stereocenters. The van der Waals surface area contributed by atoms with E-state index in [-0.39, 0.29) is 11.3 Å². The second-order valence-corrected chi connectivity index (χ2v) is 9.26. The van der Waals surface area contributed by atoms with Crippen molar-refractivity contribution < 1.29 is 18.7 Å². The maximum absolute atomic E-state index is 14.6. The molecule has 8 nitrogen and oxygen atoms in total. The van der Waals surface area contributed by atoms with Crippen LogP contribution in [0.2, 0.25) is 0 Å². The first kappa shape index (κ1) is 23.4. The number of anilines is 2. The molecule has 34 heavy (non-hydrogen) atoms. The number of ether oxygens (including phenoxy) is 1. The molecule has 0 radical (unpaired) electrons. The zero-order valence-electron chi connectivity index (χ0n) is 19.5. The van der Waals surface area contributed by atoms with Crippen LogP contribution >= 0.6 is 0 Å². The molecule has 1 aliphatic rings. The van der Waals surface area contributed by atoms with Gasteiger partial charge in [0, 0.05) is 29.8 Å². The third-order valence-corrected chi connectivity index (χ3v) is 5.35. The fourth-order valence-electron chi connectivity index (χ4n) is 3.81. The van der Waals surface area contributed by atoms with E-state index in [1.54, 1.807) is 51.1 Å². The summed E-state index contributed by atoms with van der Waals surface area (Å²) < 4.78 is 21.9. The second-order valence-electron chi connectivity index (χ2n) is 9.26. The van der Waals surface area contributed by atoms with E-state index in [2.05, 4.69) is 25.4 Å². The fraction of sp³-hybridized carbons (Fsp3) is 0.360. The van der Waals surface area contributed by atoms with E-state index < -0.39 is 23.4 Å². The number of rotatable bonds is 4. The minimum Gasteiger partial charge on any atom is -0.444 e. The van der Waals surface area contributed by atoms with E-state index in [0.29, 0.717) is 17.1 Å². The molecule has 3 aromatic rings. The maximum atomic E-state index is 14.6. The van der Waals surface area contributed by atoms with Gasteiger partial charge in [0.25, 0.3) is 5.91 Å². The predicted molar refractivity (Wildman–Crippen MR) is 127 cm³/mol. The number of nitrogens with one attached hydrogen (secondary N) is 2. The number of aromatic nitrogens is 3. The molecule has 2 N–H and O–H groups in total. The van der Waals surface area contributed by atoms with Crippen LogP contribution in [0.15, 0.2) is 42.5 Å². The van der Waals surface area contributed by atoms with Gasteiger partial charge in [-0.15, -0.1) is 10.2 Å². The standard InChI is InChI=1S/C25H28FN5O3/c1-25(2,3)34-24(33)27-18-9-7-8-17(14-18)23(32)28-20-15-16(11-12-19(20)26)22-30-29-21-10-5-4-6-13-31(21)22/h7-9,11-12,14-15H,4-6,10,13H2,1-3H3,(H,27,33)(H,28,32). The first-order chi connectivity index (χ1) is 16.2. The number of fused-ring (bicyclic) bond motifs is 1. The molecule has 0 saturated heterocycles. The molecular weight excluding hydrogens is 437 g/mol. The summed E-state index contributed by atoms with van der Waals surface area (Å²) in [4.78, 5) is 24.9. The summed E-state index contributed by atoms with van der Waals surface area (Å²) in [6.07, 6.45) is 3.48. The van der Waals surface area contributed by atoms with Gasteiger partial charge in [-0.05, 0) is 70.0 Å². The van der Waals surface area contributed by atoms with Crippen molar-refractivity contribution in [3.63, 3.8) is 0 Å². The van der Waals surface area contributed by atoms with Crippen molar-refractivity contribution in [1.29, 1.82) is 0 Å². The van der Waals surface area contributed by atoms with E-state index in [0.717, 1.165) is 38.1 Å². The molecule has 0 fully saturated rings. The predicted octanol–water partition coefficient (Wildman–Crippen LogP) is 5.41. The van der Waals surface area contributed by atoms with Gasteiger partial charge < -0.3 is 14.6 Å². The summed E-state index contributed by atoms with van der Waals surface area (Å²) in [5.74, 6) is 0.521. The summed E-state index contributed by atoms with van der Waals surface area (Å²) in [7, 11) is 0. The summed E-state index contributed by atoms with van der Waals surface area (Å²) in [6, 6.07) is 10.9. The van der Waals surface area contributed by atoms with Gasteiger partial charge in [-0.25, -0.2) is 9.18 Å². The average molecular weight is 466 g/mol. The molecule has 0 spiro atoms. The number of amides is 2. The van der Waals surface area contributed by atoms with E-state index in [4.69, 9.17) is 4.74 Å². The Bertz CT molecular complexity index is 1220. The molecule has 2 heterocycles. The van der Waals surface area contributed by atoms with Gasteiger partial charge in [0.15, 0.2) is 5.82 Å². The molecule has 0 atom stereocenters. The van der Waals surface area contributed by atoms with Crippen LogP contribution in [0.1, 0.15) is 56.2 Å². The Labute approximate surface area is 197 Å². The third kappa shape index (κ3) is 5.59. The summed E-state index contributed by atoms with van der Waals surface area (Å²) in [5.41, 5.74) is 0.721. The SMILES string of the molecule is CC(C)(C)OC(=O)Nc1cccc(C(=O)Nc2cc(-c3nnc4n3CCCCC4)ccc2F)c1. The molecule has 0 bridgehead atoms. The molecule has 1 aromatic heterocycles. The monoisotopic (exact) mass is 465 g/mol. The lowest BCUT2D eigenvalue weighted by Gasteiger charge is -2.19. The van der Waals surface area contributed by atoms with Crippen LogP contribution in [0.3, 0.4) is 0 Å². The van der Waals surface area contributed by atoms with Crippen molar-refractivity contribution in [2.24, 2.45) is 0 Å². The highest BCUT2D eigenvalue weighted by atomic mass is 19.1. The number of carbonyl (C=O) groups excluding carboxylic acids is 2. The number of hydrogen-bond acceptors (Lipinski definition) is 5. The van der Waals surface area contributed by atoms with Crippen molar-refractivity contribution in [3.8, 4) is 11.4 Å². The highest BCUT2D eigenvalue weighted by Crippen LogP contribution is 2.27. The van der Waals surface area contributed by atoms with E-state index >= 15 is 0 Å². The Morgan fingerprint density at radius 1 is 1.03 bits per heavy atom. The number of carbonyl (C=O) groups is 2. The Hall–Kier alpha value is -3.75. The largest absolute Gasteiger partial charge is 0.444 e. The lowest BCUT2D eigenvalue weighted by Crippen LogP contribution is -2.27. The first-order valence-electron chi connectivity index (χ1n) is 11.3. The Balaban J connectivity index is 1.52. The van der Waals surface area contributed by atoms with Crippen molar-refractivity contribution in [1.82, 2.24) is 14.8 Å². The van der Waals surface area contributed by atoms with Crippen LogP contribution in [0, 0.1) is 5.82 Å². The number of halogens is 1. The minimum atomic E-state index is -0.648. The molecule has 2 aromatic carbocycles. The Morgan fingerprint density at radius 3 is 2.65 bits per heavy atom. The van der Waals surface area contributed by atoms with Crippen LogP contribution in [0.25, 0.3) is 11.4 Å². The van der Waals surface area contributed by atoms with Crippen LogP contribution in [0.5, 0.6) is 0 Å². The molecule has 2 amide bonds. The quantitative estimate of drug-likeness (QED) is 0.537. The molecule has 0 saturated carbocycles. The zero-order chi connectivity index (χ0) is 24.3. The Kier molecular flexibility index (Phi) is 6.63. The molecule has 178 valence electrons. The van der Waals surface area contributed by atoms with E-state index in [1.165, 1.54) is 12.1 Å². The lowest BCUT2D eigenvalue weighted by molar-refractivity contribution is 0.0635. The highest BCUT2D eigenvalue weighted by Gasteiger charge is 2.19. The van der Waals surface area contributed by atoms with E-state index in [1.807, 2.05) is 0 Å². The number of benzene rings is 2. The minimum absolute atomic E-state index is 0.0407. The zero-order valence-corrected chi connectivity index (χ0v) is 19.5. The van der Waals surface area contributed by atoms with Crippen LogP contribution in [0.4, 0.5) is 20.6 Å². The number of aryl methyl sites for hydroxylation is 1. The van der Waals surface area contributed by atoms with Crippen molar-refractivity contribution in [2.45, 2.75) is 58.6 Å². The molecule has 1 aliphatic heterocycles. The first-order valence-corrected chi connectivity index (χ1v) is 11.3. The average Bonchev–Trinajstić information content (AvgIpc) is 3.02. The molecular formula is C25H28FN5O3. The third-order valence-electron chi connectivity index (χ3n) is 5.35. The summed E-state index contributed by atoms with van der Waals surface area (Å²) >= 11 is 0. The number of nitrogens with zero attached hydrogens (tertiary/aromatic N) is 3. The highest BCUT2D eigenvalue weighted by molar-refractivity contribution is 6.05. The van der Waals surface area contributed by atoms with Crippen molar-refractivity contribution in [2.75, 3.05) is 10.6 Å². The van der Waals surface area contributed by atoms with Gasteiger partial charge >= 0.3 is 6.09 Å². The molecule has 9 heteroatoms. The fourth-order valence-corrected chi connectivity index (χ4v) is 3.81. The van der Waals surface area contributed by atoms with Gasteiger partial charge in [-0.2, -0.15) is 0 Å². The van der Waals surface area contributed by atoms with Gasteiger partial charge in [-0.1, -0.05) is 12.5 Å². The van der Waals surface area contributed by atoms with Crippen LogP contribution < -0.4 is 10.6 Å².